The van der Waals surface area contributed by atoms with Gasteiger partial charge >= 0.3 is 5.97 Å². The molecule has 4 aromatic rings. The summed E-state index contributed by atoms with van der Waals surface area (Å²) in [6.07, 6.45) is 0. The molecule has 0 saturated carbocycles. The molecule has 0 saturated heterocycles. The predicted molar refractivity (Wildman–Crippen MR) is 129 cm³/mol. The van der Waals surface area contributed by atoms with Gasteiger partial charge in [-0.05, 0) is 51.0 Å². The minimum absolute atomic E-state index is 0.0626. The number of nitrogens with zero attached hydrogens (tertiary/aromatic N) is 2. The number of benzene rings is 3. The summed E-state index contributed by atoms with van der Waals surface area (Å²) in [6.45, 7) is 6.72. The van der Waals surface area contributed by atoms with Gasteiger partial charge in [-0.1, -0.05) is 54.2 Å². The van der Waals surface area contributed by atoms with Gasteiger partial charge in [0.05, 0.1) is 26.6 Å². The molecule has 0 aliphatic rings. The minimum atomic E-state index is -2.26. The Hall–Kier alpha value is -3.66. The van der Waals surface area contributed by atoms with Gasteiger partial charge in [0.15, 0.2) is 23.3 Å². The van der Waals surface area contributed by atoms with Crippen LogP contribution in [0, 0.1) is 36.0 Å². The highest BCUT2D eigenvalue weighted by atomic mass is 32.2. The van der Waals surface area contributed by atoms with E-state index in [0.717, 1.165) is 11.1 Å². The first-order chi connectivity index (χ1) is 17.4. The molecule has 0 radical (unpaired) electrons. The van der Waals surface area contributed by atoms with Crippen LogP contribution in [0.2, 0.25) is 0 Å². The van der Waals surface area contributed by atoms with Crippen molar-refractivity contribution in [2.24, 2.45) is 0 Å². The lowest BCUT2D eigenvalue weighted by molar-refractivity contribution is 0.0704. The molecular formula is C27H21F5N2O2S. The maximum atomic E-state index is 14.4. The van der Waals surface area contributed by atoms with Crippen LogP contribution in [0.1, 0.15) is 36.8 Å². The van der Waals surface area contributed by atoms with Gasteiger partial charge in [-0.2, -0.15) is 5.10 Å². The molecule has 4 rings (SSSR count). The molecule has 0 unspecified atom stereocenters. The number of halogens is 5. The molecule has 1 aromatic heterocycles. The van der Waals surface area contributed by atoms with E-state index in [4.69, 9.17) is 4.74 Å². The Morgan fingerprint density at radius 1 is 0.784 bits per heavy atom. The lowest BCUT2D eigenvalue weighted by Gasteiger charge is -2.22. The van der Waals surface area contributed by atoms with Crippen LogP contribution in [-0.4, -0.2) is 15.7 Å². The fourth-order valence-electron chi connectivity index (χ4n) is 3.51. The summed E-state index contributed by atoms with van der Waals surface area (Å²) in [5.74, 6) is -11.3. The van der Waals surface area contributed by atoms with Crippen LogP contribution < -0.4 is 4.74 Å². The summed E-state index contributed by atoms with van der Waals surface area (Å²) in [4.78, 5) is 11.9. The molecular weight excluding hydrogens is 511 g/mol. The normalized spacial score (nSPS) is 11.6. The van der Waals surface area contributed by atoms with Gasteiger partial charge in [0.25, 0.3) is 0 Å². The van der Waals surface area contributed by atoms with E-state index >= 15 is 0 Å². The fourth-order valence-corrected chi connectivity index (χ4v) is 4.47. The fraction of sp³-hybridized carbons (Fsp3) is 0.185. The van der Waals surface area contributed by atoms with E-state index in [1.165, 1.54) is 11.6 Å². The molecule has 0 bridgehead atoms. The molecule has 0 atom stereocenters. The van der Waals surface area contributed by atoms with Crippen LogP contribution in [0.3, 0.4) is 0 Å². The third-order valence-electron chi connectivity index (χ3n) is 5.39. The molecule has 0 spiro atoms. The van der Waals surface area contributed by atoms with Crippen LogP contribution in [0.5, 0.6) is 5.88 Å². The summed E-state index contributed by atoms with van der Waals surface area (Å²) in [7, 11) is 0. The Balaban J connectivity index is 1.73. The molecule has 192 valence electrons. The number of ether oxygens (including phenoxy) is 1. The summed E-state index contributed by atoms with van der Waals surface area (Å²) < 4.78 is 76.9. The van der Waals surface area contributed by atoms with Crippen molar-refractivity contribution in [2.45, 2.75) is 43.0 Å². The zero-order chi connectivity index (χ0) is 27.1. The number of aromatic nitrogens is 2. The van der Waals surface area contributed by atoms with E-state index in [2.05, 4.69) is 5.10 Å². The number of carbonyl (C=O) groups excluding carboxylic acids is 1. The monoisotopic (exact) mass is 532 g/mol. The average molecular weight is 533 g/mol. The molecule has 0 N–H and O–H groups in total. The second kappa shape index (κ2) is 10.0. The van der Waals surface area contributed by atoms with Crippen molar-refractivity contribution in [1.29, 1.82) is 0 Å². The van der Waals surface area contributed by atoms with Crippen molar-refractivity contribution >= 4 is 17.7 Å². The highest BCUT2D eigenvalue weighted by molar-refractivity contribution is 7.99. The van der Waals surface area contributed by atoms with Crippen molar-refractivity contribution < 1.29 is 31.5 Å². The Labute approximate surface area is 214 Å². The first-order valence-corrected chi connectivity index (χ1v) is 11.9. The van der Waals surface area contributed by atoms with Crippen molar-refractivity contribution in [2.75, 3.05) is 0 Å². The van der Waals surface area contributed by atoms with Crippen LogP contribution >= 0.6 is 11.8 Å². The van der Waals surface area contributed by atoms with Crippen LogP contribution in [0.4, 0.5) is 22.0 Å². The number of carbonyl (C=O) groups is 1. The zero-order valence-corrected chi connectivity index (χ0v) is 21.0. The standard InChI is InChI=1S/C27H21F5N2O2S/c1-14-23(37-24-21(31)19(29)18(28)20(30)22(24)32)25(34(33-14)27(2,3)4)36-26(35)17-12-10-16(11-13-17)15-8-6-5-7-9-15/h5-13H,1-4H3. The van der Waals surface area contributed by atoms with E-state index in [9.17, 15) is 26.7 Å². The third-order valence-corrected chi connectivity index (χ3v) is 6.63. The predicted octanol–water partition coefficient (Wildman–Crippen LogP) is 7.68. The Kier molecular flexibility index (Phi) is 7.14. The van der Waals surface area contributed by atoms with E-state index in [1.807, 2.05) is 30.3 Å². The lowest BCUT2D eigenvalue weighted by atomic mass is 10.0. The van der Waals surface area contributed by atoms with Gasteiger partial charge in [0.1, 0.15) is 0 Å². The van der Waals surface area contributed by atoms with Crippen LogP contribution in [-0.2, 0) is 5.54 Å². The minimum Gasteiger partial charge on any atom is -0.403 e. The molecule has 1 heterocycles. The van der Waals surface area contributed by atoms with Gasteiger partial charge in [-0.25, -0.2) is 31.4 Å². The first-order valence-electron chi connectivity index (χ1n) is 11.1. The van der Waals surface area contributed by atoms with Gasteiger partial charge in [-0.3, -0.25) is 0 Å². The first kappa shape index (κ1) is 26.4. The molecule has 4 nitrogen and oxygen atoms in total. The second-order valence-electron chi connectivity index (χ2n) is 9.14. The zero-order valence-electron chi connectivity index (χ0n) is 20.2. The molecule has 0 aliphatic carbocycles. The average Bonchev–Trinajstić information content (AvgIpc) is 3.19. The molecule has 0 aliphatic heterocycles. The SMILES string of the molecule is Cc1nn(C(C)(C)C)c(OC(=O)c2ccc(-c3ccccc3)cc2)c1Sc1c(F)c(F)c(F)c(F)c1F. The number of rotatable bonds is 5. The number of hydrogen-bond donors (Lipinski definition) is 0. The van der Waals surface area contributed by atoms with Crippen molar-refractivity contribution in [3.8, 4) is 17.0 Å². The Morgan fingerprint density at radius 2 is 1.30 bits per heavy atom. The summed E-state index contributed by atoms with van der Waals surface area (Å²) in [5, 5.41) is 4.31. The van der Waals surface area contributed by atoms with Crippen LogP contribution in [0.15, 0.2) is 64.4 Å². The molecule has 0 fully saturated rings. The molecule has 10 heteroatoms. The van der Waals surface area contributed by atoms with E-state index in [1.54, 1.807) is 45.0 Å². The second-order valence-corrected chi connectivity index (χ2v) is 10.2. The van der Waals surface area contributed by atoms with Gasteiger partial charge in [0.2, 0.25) is 11.7 Å². The maximum absolute atomic E-state index is 14.4. The van der Waals surface area contributed by atoms with Gasteiger partial charge in [0, 0.05) is 0 Å². The van der Waals surface area contributed by atoms with E-state index in [0.29, 0.717) is 0 Å². The third kappa shape index (κ3) is 5.11. The number of hydrogen-bond acceptors (Lipinski definition) is 4. The number of esters is 1. The van der Waals surface area contributed by atoms with E-state index < -0.39 is 45.5 Å². The summed E-state index contributed by atoms with van der Waals surface area (Å²) in [5.41, 5.74) is 1.42. The molecule has 0 amide bonds. The maximum Gasteiger partial charge on any atom is 0.344 e. The highest BCUT2D eigenvalue weighted by Crippen LogP contribution is 2.43. The number of aryl methyl sites for hydroxylation is 1. The van der Waals surface area contributed by atoms with Gasteiger partial charge in [-0.15, -0.1) is 0 Å². The van der Waals surface area contributed by atoms with E-state index in [-0.39, 0.29) is 33.8 Å². The van der Waals surface area contributed by atoms with Gasteiger partial charge < -0.3 is 4.74 Å². The lowest BCUT2D eigenvalue weighted by Crippen LogP contribution is -2.25. The quantitative estimate of drug-likeness (QED) is 0.114. The smallest absolute Gasteiger partial charge is 0.344 e. The summed E-state index contributed by atoms with van der Waals surface area (Å²) in [6, 6.07) is 16.1. The Bertz CT molecular complexity index is 1450. The summed E-state index contributed by atoms with van der Waals surface area (Å²) >= 11 is 0.248. The topological polar surface area (TPSA) is 44.1 Å². The van der Waals surface area contributed by atoms with Crippen molar-refractivity contribution in [3.63, 3.8) is 0 Å². The molecule has 37 heavy (non-hydrogen) atoms. The van der Waals surface area contributed by atoms with Crippen LogP contribution in [0.25, 0.3) is 11.1 Å². The van der Waals surface area contributed by atoms with Crippen molar-refractivity contribution in [3.05, 3.63) is 94.9 Å². The molecule has 3 aromatic carbocycles. The Morgan fingerprint density at radius 3 is 1.84 bits per heavy atom. The highest BCUT2D eigenvalue weighted by Gasteiger charge is 2.32. The largest absolute Gasteiger partial charge is 0.403 e. The van der Waals surface area contributed by atoms with Crippen molar-refractivity contribution in [1.82, 2.24) is 9.78 Å².